The van der Waals surface area contributed by atoms with Crippen LogP contribution in [0.5, 0.6) is 0 Å². The summed E-state index contributed by atoms with van der Waals surface area (Å²) in [4.78, 5) is 10.2. The zero-order chi connectivity index (χ0) is 11.3. The predicted molar refractivity (Wildman–Crippen MR) is 51.6 cm³/mol. The molecule has 0 bridgehead atoms. The van der Waals surface area contributed by atoms with E-state index in [1.807, 2.05) is 6.92 Å². The van der Waals surface area contributed by atoms with Crippen LogP contribution in [0.4, 0.5) is 4.79 Å². The summed E-state index contributed by atoms with van der Waals surface area (Å²) < 4.78 is 10.7. The van der Waals surface area contributed by atoms with E-state index in [9.17, 15) is 9.90 Å². The van der Waals surface area contributed by atoms with Crippen molar-refractivity contribution in [2.45, 2.75) is 31.7 Å². The molecule has 1 saturated heterocycles. The van der Waals surface area contributed by atoms with E-state index in [0.717, 1.165) is 0 Å². The Hall–Kier alpha value is -0.850. The van der Waals surface area contributed by atoms with Gasteiger partial charge in [-0.05, 0) is 13.3 Å². The lowest BCUT2D eigenvalue weighted by Crippen LogP contribution is -2.33. The molecular formula is C9H17NO5. The number of carbonyl (C=O) groups is 1. The minimum Gasteiger partial charge on any atom is -0.465 e. The van der Waals surface area contributed by atoms with Crippen LogP contribution in [0.3, 0.4) is 0 Å². The number of rotatable bonds is 5. The highest BCUT2D eigenvalue weighted by molar-refractivity contribution is 5.64. The SMILES string of the molecule is CC1(CCC(O)CNC(=O)O)OCCO1. The third-order valence-electron chi connectivity index (χ3n) is 2.32. The van der Waals surface area contributed by atoms with Gasteiger partial charge in [0, 0.05) is 13.0 Å². The van der Waals surface area contributed by atoms with E-state index in [0.29, 0.717) is 26.1 Å². The van der Waals surface area contributed by atoms with E-state index in [1.54, 1.807) is 0 Å². The first kappa shape index (κ1) is 12.2. The van der Waals surface area contributed by atoms with Crippen LogP contribution in [0.1, 0.15) is 19.8 Å². The molecule has 1 amide bonds. The Morgan fingerprint density at radius 2 is 2.13 bits per heavy atom. The average Bonchev–Trinajstić information content (AvgIpc) is 2.60. The fourth-order valence-electron chi connectivity index (χ4n) is 1.44. The van der Waals surface area contributed by atoms with E-state index in [2.05, 4.69) is 5.32 Å². The van der Waals surface area contributed by atoms with Gasteiger partial charge in [0.25, 0.3) is 0 Å². The van der Waals surface area contributed by atoms with Crippen LogP contribution in [0.25, 0.3) is 0 Å². The summed E-state index contributed by atoms with van der Waals surface area (Å²) in [5.41, 5.74) is 0. The van der Waals surface area contributed by atoms with Crippen LogP contribution in [0.2, 0.25) is 0 Å². The second kappa shape index (κ2) is 5.29. The van der Waals surface area contributed by atoms with Crippen LogP contribution >= 0.6 is 0 Å². The Labute approximate surface area is 88.2 Å². The van der Waals surface area contributed by atoms with E-state index in [-0.39, 0.29) is 6.54 Å². The molecule has 1 atom stereocenters. The highest BCUT2D eigenvalue weighted by Crippen LogP contribution is 2.24. The number of aliphatic hydroxyl groups is 1. The molecule has 6 nitrogen and oxygen atoms in total. The third-order valence-corrected chi connectivity index (χ3v) is 2.32. The molecule has 1 fully saturated rings. The third kappa shape index (κ3) is 4.46. The van der Waals surface area contributed by atoms with Crippen LogP contribution in [-0.4, -0.2) is 48.0 Å². The van der Waals surface area contributed by atoms with Crippen LogP contribution in [0, 0.1) is 0 Å². The lowest BCUT2D eigenvalue weighted by atomic mass is 10.1. The fraction of sp³-hybridized carbons (Fsp3) is 0.889. The van der Waals surface area contributed by atoms with Crippen molar-refractivity contribution >= 4 is 6.09 Å². The Morgan fingerprint density at radius 1 is 1.53 bits per heavy atom. The molecule has 0 spiro atoms. The van der Waals surface area contributed by atoms with Crippen molar-refractivity contribution in [3.8, 4) is 0 Å². The number of aliphatic hydroxyl groups excluding tert-OH is 1. The van der Waals surface area contributed by atoms with Crippen molar-refractivity contribution in [3.63, 3.8) is 0 Å². The maximum Gasteiger partial charge on any atom is 0.404 e. The van der Waals surface area contributed by atoms with Gasteiger partial charge < -0.3 is 25.0 Å². The Morgan fingerprint density at radius 3 is 2.67 bits per heavy atom. The van der Waals surface area contributed by atoms with Gasteiger partial charge in [-0.15, -0.1) is 0 Å². The quantitative estimate of drug-likeness (QED) is 0.613. The molecule has 1 unspecified atom stereocenters. The molecule has 0 aromatic heterocycles. The highest BCUT2D eigenvalue weighted by Gasteiger charge is 2.31. The largest absolute Gasteiger partial charge is 0.465 e. The second-order valence-corrected chi connectivity index (χ2v) is 3.71. The molecular weight excluding hydrogens is 202 g/mol. The van der Waals surface area contributed by atoms with E-state index >= 15 is 0 Å². The van der Waals surface area contributed by atoms with Crippen molar-refractivity contribution in [1.82, 2.24) is 5.32 Å². The fourth-order valence-corrected chi connectivity index (χ4v) is 1.44. The summed E-state index contributed by atoms with van der Waals surface area (Å²) in [6.45, 7) is 2.99. The molecule has 6 heteroatoms. The molecule has 1 aliphatic heterocycles. The van der Waals surface area contributed by atoms with Crippen molar-refractivity contribution in [2.75, 3.05) is 19.8 Å². The maximum absolute atomic E-state index is 10.2. The zero-order valence-corrected chi connectivity index (χ0v) is 8.73. The minimum atomic E-state index is -1.13. The predicted octanol–water partition coefficient (Wildman–Crippen LogP) is 0.158. The van der Waals surface area contributed by atoms with Gasteiger partial charge in [-0.1, -0.05) is 0 Å². The lowest BCUT2D eigenvalue weighted by molar-refractivity contribution is -0.150. The van der Waals surface area contributed by atoms with Gasteiger partial charge in [-0.3, -0.25) is 0 Å². The summed E-state index contributed by atoms with van der Waals surface area (Å²) in [5, 5.41) is 19.9. The van der Waals surface area contributed by atoms with Crippen LogP contribution < -0.4 is 5.32 Å². The summed E-state index contributed by atoms with van der Waals surface area (Å²) in [6.07, 6.45) is -0.842. The van der Waals surface area contributed by atoms with E-state index < -0.39 is 18.0 Å². The van der Waals surface area contributed by atoms with Gasteiger partial charge in [0.05, 0.1) is 19.3 Å². The van der Waals surface area contributed by atoms with Gasteiger partial charge in [-0.2, -0.15) is 0 Å². The number of amides is 1. The second-order valence-electron chi connectivity index (χ2n) is 3.71. The van der Waals surface area contributed by atoms with Gasteiger partial charge in [-0.25, -0.2) is 4.79 Å². The van der Waals surface area contributed by atoms with Gasteiger partial charge in [0.15, 0.2) is 5.79 Å². The summed E-state index contributed by atoms with van der Waals surface area (Å²) >= 11 is 0. The number of carboxylic acid groups (broad SMARTS) is 1. The number of hydrogen-bond acceptors (Lipinski definition) is 4. The van der Waals surface area contributed by atoms with Crippen LogP contribution in [0.15, 0.2) is 0 Å². The minimum absolute atomic E-state index is 0.0331. The van der Waals surface area contributed by atoms with E-state index in [1.165, 1.54) is 0 Å². The summed E-state index contributed by atoms with van der Waals surface area (Å²) in [5.74, 6) is -0.621. The number of nitrogens with one attached hydrogen (secondary N) is 1. The molecule has 15 heavy (non-hydrogen) atoms. The molecule has 1 heterocycles. The Kier molecular flexibility index (Phi) is 4.31. The molecule has 88 valence electrons. The van der Waals surface area contributed by atoms with Crippen molar-refractivity contribution < 1.29 is 24.5 Å². The molecule has 1 aliphatic rings. The van der Waals surface area contributed by atoms with E-state index in [4.69, 9.17) is 14.6 Å². The number of ether oxygens (including phenoxy) is 2. The van der Waals surface area contributed by atoms with Crippen molar-refractivity contribution in [3.05, 3.63) is 0 Å². The number of hydrogen-bond donors (Lipinski definition) is 3. The first-order valence-electron chi connectivity index (χ1n) is 4.95. The van der Waals surface area contributed by atoms with Crippen molar-refractivity contribution in [1.29, 1.82) is 0 Å². The molecule has 0 radical (unpaired) electrons. The summed E-state index contributed by atoms with van der Waals surface area (Å²) in [6, 6.07) is 0. The van der Waals surface area contributed by atoms with Crippen molar-refractivity contribution in [2.24, 2.45) is 0 Å². The molecule has 0 saturated carbocycles. The Balaban J connectivity index is 2.15. The first-order valence-corrected chi connectivity index (χ1v) is 4.95. The zero-order valence-electron chi connectivity index (χ0n) is 8.73. The molecule has 3 N–H and O–H groups in total. The normalized spacial score (nSPS) is 21.2. The standard InChI is InChI=1S/C9H17NO5/c1-9(14-4-5-15-9)3-2-7(11)6-10-8(12)13/h7,10-11H,2-6H2,1H3,(H,12,13). The molecule has 0 aliphatic carbocycles. The maximum atomic E-state index is 10.2. The first-order chi connectivity index (χ1) is 7.02. The average molecular weight is 219 g/mol. The monoisotopic (exact) mass is 219 g/mol. The summed E-state index contributed by atoms with van der Waals surface area (Å²) in [7, 11) is 0. The molecule has 1 rings (SSSR count). The van der Waals surface area contributed by atoms with Crippen LogP contribution in [-0.2, 0) is 9.47 Å². The molecule has 0 aromatic rings. The highest BCUT2D eigenvalue weighted by atomic mass is 16.7. The van der Waals surface area contributed by atoms with Gasteiger partial charge in [0.2, 0.25) is 0 Å². The van der Waals surface area contributed by atoms with Gasteiger partial charge >= 0.3 is 6.09 Å². The smallest absolute Gasteiger partial charge is 0.404 e. The molecule has 0 aromatic carbocycles. The topological polar surface area (TPSA) is 88.0 Å². The Bertz CT molecular complexity index is 215. The van der Waals surface area contributed by atoms with Gasteiger partial charge in [0.1, 0.15) is 0 Å². The lowest BCUT2D eigenvalue weighted by Gasteiger charge is -2.23.